The van der Waals surface area contributed by atoms with Gasteiger partial charge in [0.15, 0.2) is 5.65 Å². The first kappa shape index (κ1) is 14.1. The average Bonchev–Trinajstić information content (AvgIpc) is 2.95. The monoisotopic (exact) mass is 378 g/mol. The first-order valence-electron chi connectivity index (χ1n) is 6.87. The van der Waals surface area contributed by atoms with Gasteiger partial charge in [-0.3, -0.25) is 4.40 Å². The Labute approximate surface area is 138 Å². The number of amides is 1. The zero-order chi connectivity index (χ0) is 16.0. The van der Waals surface area contributed by atoms with Crippen molar-refractivity contribution in [2.75, 3.05) is 19.7 Å². The molecule has 1 N–H and O–H groups in total. The summed E-state index contributed by atoms with van der Waals surface area (Å²) in [7, 11) is 0. The highest BCUT2D eigenvalue weighted by molar-refractivity contribution is 9.10. The smallest absolute Gasteiger partial charge is 0.407 e. The molecule has 1 fully saturated rings. The van der Waals surface area contributed by atoms with Crippen LogP contribution >= 0.6 is 15.9 Å². The SMILES string of the molecule is O=C(O)N1CC(COc2nc3ncc(Br)cc3n3cnnc23)C1. The van der Waals surface area contributed by atoms with Crippen LogP contribution in [0.5, 0.6) is 5.88 Å². The summed E-state index contributed by atoms with van der Waals surface area (Å²) in [4.78, 5) is 20.8. The van der Waals surface area contributed by atoms with Gasteiger partial charge in [0, 0.05) is 29.7 Å². The average molecular weight is 379 g/mol. The number of hydrogen-bond donors (Lipinski definition) is 1. The number of halogens is 1. The second-order valence-electron chi connectivity index (χ2n) is 5.30. The number of nitrogens with zero attached hydrogens (tertiary/aromatic N) is 6. The van der Waals surface area contributed by atoms with Gasteiger partial charge in [-0.25, -0.2) is 9.78 Å². The normalized spacial score (nSPS) is 15.1. The predicted octanol–water partition coefficient (Wildman–Crippen LogP) is 1.42. The Morgan fingerprint density at radius 3 is 3.09 bits per heavy atom. The summed E-state index contributed by atoms with van der Waals surface area (Å²) in [6.45, 7) is 1.31. The number of rotatable bonds is 3. The van der Waals surface area contributed by atoms with Crippen molar-refractivity contribution in [1.29, 1.82) is 0 Å². The van der Waals surface area contributed by atoms with E-state index in [-0.39, 0.29) is 5.92 Å². The van der Waals surface area contributed by atoms with Gasteiger partial charge in [0.2, 0.25) is 5.65 Å². The lowest BCUT2D eigenvalue weighted by Gasteiger charge is -2.36. The van der Waals surface area contributed by atoms with Gasteiger partial charge in [0.05, 0.1) is 12.1 Å². The van der Waals surface area contributed by atoms with E-state index in [1.165, 1.54) is 4.90 Å². The molecule has 0 aromatic carbocycles. The fourth-order valence-corrected chi connectivity index (χ4v) is 2.83. The Morgan fingerprint density at radius 2 is 2.30 bits per heavy atom. The van der Waals surface area contributed by atoms with E-state index in [4.69, 9.17) is 9.84 Å². The van der Waals surface area contributed by atoms with Crippen LogP contribution in [0.3, 0.4) is 0 Å². The predicted molar refractivity (Wildman–Crippen MR) is 82.4 cm³/mol. The molecule has 0 unspecified atom stereocenters. The summed E-state index contributed by atoms with van der Waals surface area (Å²) < 4.78 is 8.34. The first-order valence-corrected chi connectivity index (χ1v) is 7.67. The lowest BCUT2D eigenvalue weighted by molar-refractivity contribution is 0.0578. The number of carbonyl (C=O) groups is 1. The number of ether oxygens (including phenoxy) is 1. The fraction of sp³-hybridized carbons (Fsp3) is 0.308. The molecule has 0 aliphatic carbocycles. The lowest BCUT2D eigenvalue weighted by Crippen LogP contribution is -2.51. The van der Waals surface area contributed by atoms with Gasteiger partial charge in [-0.05, 0) is 22.0 Å². The highest BCUT2D eigenvalue weighted by Gasteiger charge is 2.31. The van der Waals surface area contributed by atoms with Crippen LogP contribution in [0.1, 0.15) is 0 Å². The lowest BCUT2D eigenvalue weighted by atomic mass is 10.0. The highest BCUT2D eigenvalue weighted by Crippen LogP contribution is 2.24. The minimum absolute atomic E-state index is 0.157. The molecule has 1 aliphatic rings. The van der Waals surface area contributed by atoms with Crippen molar-refractivity contribution >= 4 is 38.8 Å². The number of carboxylic acid groups (broad SMARTS) is 1. The zero-order valence-electron chi connectivity index (χ0n) is 11.8. The molecule has 1 aliphatic heterocycles. The number of pyridine rings is 1. The van der Waals surface area contributed by atoms with Crippen molar-refractivity contribution in [2.24, 2.45) is 5.92 Å². The van der Waals surface area contributed by atoms with E-state index in [0.29, 0.717) is 36.9 Å². The quantitative estimate of drug-likeness (QED) is 0.734. The fourth-order valence-electron chi connectivity index (χ4n) is 2.51. The van der Waals surface area contributed by atoms with Gasteiger partial charge in [0.25, 0.3) is 5.88 Å². The molecule has 0 spiro atoms. The molecule has 0 radical (unpaired) electrons. The van der Waals surface area contributed by atoms with E-state index in [0.717, 1.165) is 9.99 Å². The van der Waals surface area contributed by atoms with E-state index in [1.54, 1.807) is 16.9 Å². The van der Waals surface area contributed by atoms with Crippen molar-refractivity contribution < 1.29 is 14.6 Å². The van der Waals surface area contributed by atoms with E-state index in [9.17, 15) is 4.79 Å². The Bertz CT molecular complexity index is 907. The summed E-state index contributed by atoms with van der Waals surface area (Å²) in [5.74, 6) is 0.503. The summed E-state index contributed by atoms with van der Waals surface area (Å²) in [6.07, 6.45) is 2.33. The van der Waals surface area contributed by atoms with Crippen LogP contribution in [0.2, 0.25) is 0 Å². The van der Waals surface area contributed by atoms with Crippen molar-refractivity contribution in [1.82, 2.24) is 29.5 Å². The molecule has 4 heterocycles. The Balaban J connectivity index is 1.60. The summed E-state index contributed by atoms with van der Waals surface area (Å²) >= 11 is 3.38. The molecule has 3 aromatic rings. The van der Waals surface area contributed by atoms with Crippen molar-refractivity contribution in [3.63, 3.8) is 0 Å². The number of aromatic nitrogens is 5. The maximum atomic E-state index is 10.8. The van der Waals surface area contributed by atoms with E-state index < -0.39 is 6.09 Å². The molecule has 1 saturated heterocycles. The van der Waals surface area contributed by atoms with Crippen LogP contribution in [0, 0.1) is 5.92 Å². The van der Waals surface area contributed by atoms with Gasteiger partial charge in [0.1, 0.15) is 6.33 Å². The van der Waals surface area contributed by atoms with E-state index >= 15 is 0 Å². The molecule has 3 aromatic heterocycles. The van der Waals surface area contributed by atoms with Crippen molar-refractivity contribution in [3.05, 3.63) is 23.1 Å². The molecule has 4 rings (SSSR count). The van der Waals surface area contributed by atoms with Crippen LogP contribution in [0.15, 0.2) is 23.1 Å². The second kappa shape index (κ2) is 5.30. The minimum Gasteiger partial charge on any atom is -0.474 e. The van der Waals surface area contributed by atoms with Gasteiger partial charge < -0.3 is 14.7 Å². The topological polar surface area (TPSA) is 106 Å². The molecule has 0 saturated carbocycles. The van der Waals surface area contributed by atoms with E-state index in [1.807, 2.05) is 6.07 Å². The van der Waals surface area contributed by atoms with Crippen molar-refractivity contribution in [2.45, 2.75) is 0 Å². The first-order chi connectivity index (χ1) is 11.1. The zero-order valence-corrected chi connectivity index (χ0v) is 13.3. The third-order valence-electron chi connectivity index (χ3n) is 3.70. The largest absolute Gasteiger partial charge is 0.474 e. The maximum absolute atomic E-state index is 10.8. The van der Waals surface area contributed by atoms with Crippen LogP contribution in [0.4, 0.5) is 4.79 Å². The minimum atomic E-state index is -0.903. The van der Waals surface area contributed by atoms with Crippen LogP contribution in [0.25, 0.3) is 16.8 Å². The van der Waals surface area contributed by atoms with Gasteiger partial charge in [-0.2, -0.15) is 4.98 Å². The Kier molecular flexibility index (Phi) is 3.26. The number of fused-ring (bicyclic) bond motifs is 3. The third-order valence-corrected chi connectivity index (χ3v) is 4.14. The molecular formula is C13H11BrN6O3. The Morgan fingerprint density at radius 1 is 1.48 bits per heavy atom. The molecule has 9 nitrogen and oxygen atoms in total. The molecule has 10 heteroatoms. The molecule has 23 heavy (non-hydrogen) atoms. The number of likely N-dealkylation sites (tertiary alicyclic amines) is 1. The molecule has 0 bridgehead atoms. The summed E-state index contributed by atoms with van der Waals surface area (Å²) in [5, 5.41) is 16.8. The van der Waals surface area contributed by atoms with Crippen LogP contribution in [-0.2, 0) is 0 Å². The standard InChI is InChI=1S/C13H11BrN6O3/c14-8-1-9-10(15-2-8)17-12(11-18-16-6-20(9)11)23-5-7-3-19(4-7)13(21)22/h1-2,6-7H,3-5H2,(H,21,22). The van der Waals surface area contributed by atoms with Crippen molar-refractivity contribution in [3.8, 4) is 5.88 Å². The second-order valence-corrected chi connectivity index (χ2v) is 6.22. The molecular weight excluding hydrogens is 368 g/mol. The molecule has 0 atom stereocenters. The Hall–Kier alpha value is -2.49. The van der Waals surface area contributed by atoms with Crippen LogP contribution in [-0.4, -0.2) is 60.4 Å². The van der Waals surface area contributed by atoms with Gasteiger partial charge in [-0.15, -0.1) is 10.2 Å². The number of hydrogen-bond acceptors (Lipinski definition) is 6. The van der Waals surface area contributed by atoms with Gasteiger partial charge >= 0.3 is 6.09 Å². The molecule has 1 amide bonds. The highest BCUT2D eigenvalue weighted by atomic mass is 79.9. The molecule has 118 valence electrons. The summed E-state index contributed by atoms with van der Waals surface area (Å²) in [6, 6.07) is 1.88. The van der Waals surface area contributed by atoms with Gasteiger partial charge in [-0.1, -0.05) is 0 Å². The summed E-state index contributed by atoms with van der Waals surface area (Å²) in [5.41, 5.74) is 1.80. The van der Waals surface area contributed by atoms with Crippen LogP contribution < -0.4 is 4.74 Å². The maximum Gasteiger partial charge on any atom is 0.407 e. The van der Waals surface area contributed by atoms with E-state index in [2.05, 4.69) is 36.1 Å². The third kappa shape index (κ3) is 2.44.